The van der Waals surface area contributed by atoms with Crippen LogP contribution in [0.4, 0.5) is 0 Å². The number of piperidine rings is 1. The van der Waals surface area contributed by atoms with Crippen molar-refractivity contribution in [2.75, 3.05) is 13.1 Å². The van der Waals surface area contributed by atoms with Crippen LogP contribution in [0.5, 0.6) is 0 Å². The highest BCUT2D eigenvalue weighted by molar-refractivity contribution is 5.81. The fourth-order valence-corrected chi connectivity index (χ4v) is 3.44. The first-order chi connectivity index (χ1) is 12.3. The number of aryl methyl sites for hydroxylation is 1. The smallest absolute Gasteiger partial charge is 0.237 e. The summed E-state index contributed by atoms with van der Waals surface area (Å²) in [7, 11) is 0. The van der Waals surface area contributed by atoms with Crippen molar-refractivity contribution in [2.24, 2.45) is 0 Å². The second-order valence-corrected chi connectivity index (χ2v) is 6.68. The van der Waals surface area contributed by atoms with Gasteiger partial charge in [-0.05, 0) is 49.9 Å². The van der Waals surface area contributed by atoms with Gasteiger partial charge in [0, 0.05) is 25.0 Å². The minimum atomic E-state index is 0.00352. The van der Waals surface area contributed by atoms with E-state index in [9.17, 15) is 4.79 Å². The van der Waals surface area contributed by atoms with E-state index in [1.54, 1.807) is 0 Å². The van der Waals surface area contributed by atoms with Crippen LogP contribution in [0.2, 0.25) is 0 Å². The van der Waals surface area contributed by atoms with Crippen LogP contribution in [-0.4, -0.2) is 34.9 Å². The number of aromatic nitrogens is 1. The molecule has 1 aromatic carbocycles. The minimum absolute atomic E-state index is 0.00352. The van der Waals surface area contributed by atoms with Gasteiger partial charge in [-0.15, -0.1) is 0 Å². The Labute approximate surface area is 150 Å². The zero-order chi connectivity index (χ0) is 17.3. The van der Waals surface area contributed by atoms with Crippen molar-refractivity contribution >= 4 is 5.91 Å². The van der Waals surface area contributed by atoms with E-state index in [4.69, 9.17) is 0 Å². The Kier molecular flexibility index (Phi) is 6.57. The fraction of sp³-hybridized carbons (Fsp3) is 0.429. The van der Waals surface area contributed by atoms with Crippen LogP contribution in [0.3, 0.4) is 0 Å². The van der Waals surface area contributed by atoms with E-state index in [2.05, 4.69) is 39.5 Å². The lowest BCUT2D eigenvalue weighted by Gasteiger charge is -2.34. The predicted molar refractivity (Wildman–Crippen MR) is 100 cm³/mol. The molecule has 2 aromatic rings. The van der Waals surface area contributed by atoms with Gasteiger partial charge >= 0.3 is 0 Å². The van der Waals surface area contributed by atoms with Gasteiger partial charge in [0.2, 0.25) is 5.91 Å². The average molecular weight is 337 g/mol. The summed E-state index contributed by atoms with van der Waals surface area (Å²) in [6.45, 7) is 2.57. The molecule has 1 fully saturated rings. The third-order valence-corrected chi connectivity index (χ3v) is 4.78. The summed E-state index contributed by atoms with van der Waals surface area (Å²) in [5.74, 6) is 0.177. The summed E-state index contributed by atoms with van der Waals surface area (Å²) < 4.78 is 0. The Morgan fingerprint density at radius 3 is 2.76 bits per heavy atom. The van der Waals surface area contributed by atoms with Gasteiger partial charge in [0.25, 0.3) is 0 Å². The summed E-state index contributed by atoms with van der Waals surface area (Å²) >= 11 is 0. The van der Waals surface area contributed by atoms with Gasteiger partial charge in [-0.3, -0.25) is 14.7 Å². The molecular weight excluding hydrogens is 310 g/mol. The van der Waals surface area contributed by atoms with E-state index >= 15 is 0 Å². The Morgan fingerprint density at radius 1 is 1.12 bits per heavy atom. The van der Waals surface area contributed by atoms with Gasteiger partial charge in [0.15, 0.2) is 0 Å². The predicted octanol–water partition coefficient (Wildman–Crippen LogP) is 3.19. The van der Waals surface area contributed by atoms with E-state index in [0.717, 1.165) is 44.5 Å². The Bertz CT molecular complexity index is 645. The van der Waals surface area contributed by atoms with E-state index < -0.39 is 0 Å². The fourth-order valence-electron chi connectivity index (χ4n) is 3.44. The molecule has 0 saturated carbocycles. The molecule has 0 spiro atoms. The highest BCUT2D eigenvalue weighted by atomic mass is 16.2. The topological polar surface area (TPSA) is 45.2 Å². The molecule has 1 amide bonds. The number of pyridine rings is 1. The minimum Gasteiger partial charge on any atom is -0.355 e. The Morgan fingerprint density at radius 2 is 1.96 bits per heavy atom. The molecule has 4 nitrogen and oxygen atoms in total. The number of nitrogens with zero attached hydrogens (tertiary/aromatic N) is 2. The highest BCUT2D eigenvalue weighted by Crippen LogP contribution is 2.19. The molecule has 1 aliphatic rings. The van der Waals surface area contributed by atoms with Crippen molar-refractivity contribution in [1.29, 1.82) is 0 Å². The van der Waals surface area contributed by atoms with Crippen molar-refractivity contribution in [1.82, 2.24) is 15.2 Å². The molecule has 1 saturated heterocycles. The van der Waals surface area contributed by atoms with E-state index in [1.165, 1.54) is 12.0 Å². The molecular formula is C21H27N3O. The molecule has 3 rings (SSSR count). The summed E-state index contributed by atoms with van der Waals surface area (Å²) in [5.41, 5.74) is 2.36. The van der Waals surface area contributed by atoms with E-state index in [-0.39, 0.29) is 11.9 Å². The molecule has 25 heavy (non-hydrogen) atoms. The second kappa shape index (κ2) is 9.33. The molecule has 2 heterocycles. The van der Waals surface area contributed by atoms with Crippen LogP contribution in [0.25, 0.3) is 0 Å². The molecule has 1 N–H and O–H groups in total. The quantitative estimate of drug-likeness (QED) is 0.789. The van der Waals surface area contributed by atoms with Gasteiger partial charge in [-0.1, -0.05) is 42.8 Å². The first kappa shape index (κ1) is 17.6. The summed E-state index contributed by atoms with van der Waals surface area (Å²) in [5, 5.41) is 3.13. The first-order valence-electron chi connectivity index (χ1n) is 9.28. The molecule has 132 valence electrons. The van der Waals surface area contributed by atoms with E-state index in [0.29, 0.717) is 6.54 Å². The van der Waals surface area contributed by atoms with Gasteiger partial charge in [0.05, 0.1) is 6.04 Å². The van der Waals surface area contributed by atoms with Crippen molar-refractivity contribution in [3.63, 3.8) is 0 Å². The second-order valence-electron chi connectivity index (χ2n) is 6.68. The summed E-state index contributed by atoms with van der Waals surface area (Å²) in [4.78, 5) is 19.3. The van der Waals surface area contributed by atoms with Gasteiger partial charge < -0.3 is 5.32 Å². The maximum Gasteiger partial charge on any atom is 0.237 e. The lowest BCUT2D eigenvalue weighted by molar-refractivity contribution is -0.127. The maximum atomic E-state index is 12.6. The molecule has 0 bridgehead atoms. The van der Waals surface area contributed by atoms with Crippen LogP contribution < -0.4 is 5.32 Å². The number of carbonyl (C=O) groups excluding carboxylic acids is 1. The molecule has 0 aliphatic carbocycles. The lowest BCUT2D eigenvalue weighted by Crippen LogP contribution is -2.49. The summed E-state index contributed by atoms with van der Waals surface area (Å²) in [6, 6.07) is 16.4. The van der Waals surface area contributed by atoms with Crippen molar-refractivity contribution in [2.45, 2.75) is 44.7 Å². The summed E-state index contributed by atoms with van der Waals surface area (Å²) in [6.07, 6.45) is 6.91. The van der Waals surface area contributed by atoms with Crippen LogP contribution in [-0.2, 0) is 17.8 Å². The number of hydrogen-bond acceptors (Lipinski definition) is 3. The Hall–Kier alpha value is -2.20. The molecule has 1 atom stereocenters. The number of hydrogen-bond donors (Lipinski definition) is 1. The lowest BCUT2D eigenvalue weighted by atomic mass is 10.0. The molecule has 1 aromatic heterocycles. The van der Waals surface area contributed by atoms with E-state index in [1.807, 2.05) is 30.5 Å². The molecule has 0 unspecified atom stereocenters. The third-order valence-electron chi connectivity index (χ3n) is 4.78. The van der Waals surface area contributed by atoms with Crippen LogP contribution >= 0.6 is 0 Å². The van der Waals surface area contributed by atoms with Crippen molar-refractivity contribution in [3.8, 4) is 0 Å². The highest BCUT2D eigenvalue weighted by Gasteiger charge is 2.28. The number of carbonyl (C=O) groups is 1. The standard InChI is InChI=1S/C21H27N3O/c25-21(23-15-8-12-19-11-4-6-14-22-19)20-13-5-7-16-24(20)17-18-9-2-1-3-10-18/h1-4,6,9-11,14,20H,5,7-8,12-13,15-17H2,(H,23,25)/t20-/m1/s1. The van der Waals surface area contributed by atoms with Crippen LogP contribution in [0.1, 0.15) is 36.9 Å². The largest absolute Gasteiger partial charge is 0.355 e. The van der Waals surface area contributed by atoms with Crippen LogP contribution in [0.15, 0.2) is 54.7 Å². The maximum absolute atomic E-state index is 12.6. The Balaban J connectivity index is 1.47. The number of amides is 1. The zero-order valence-corrected chi connectivity index (χ0v) is 14.7. The first-order valence-corrected chi connectivity index (χ1v) is 9.28. The molecule has 0 radical (unpaired) electrons. The zero-order valence-electron chi connectivity index (χ0n) is 14.7. The number of likely N-dealkylation sites (tertiary alicyclic amines) is 1. The normalized spacial score (nSPS) is 18.0. The van der Waals surface area contributed by atoms with Crippen molar-refractivity contribution < 1.29 is 4.79 Å². The molecule has 1 aliphatic heterocycles. The van der Waals surface area contributed by atoms with Crippen molar-refractivity contribution in [3.05, 3.63) is 66.0 Å². The van der Waals surface area contributed by atoms with Crippen LogP contribution in [0, 0.1) is 0 Å². The monoisotopic (exact) mass is 337 g/mol. The third kappa shape index (κ3) is 5.40. The average Bonchev–Trinajstić information content (AvgIpc) is 2.67. The molecule has 4 heteroatoms. The van der Waals surface area contributed by atoms with Gasteiger partial charge in [-0.25, -0.2) is 0 Å². The SMILES string of the molecule is O=C(NCCCc1ccccn1)[C@H]1CCCCN1Cc1ccccc1. The number of benzene rings is 1. The number of nitrogens with one attached hydrogen (secondary N) is 1. The van der Waals surface area contributed by atoms with Gasteiger partial charge in [-0.2, -0.15) is 0 Å². The van der Waals surface area contributed by atoms with Gasteiger partial charge in [0.1, 0.15) is 0 Å². The number of rotatable bonds is 7.